The molecule has 0 fully saturated rings. The molecule has 2 amide bonds. The van der Waals surface area contributed by atoms with Gasteiger partial charge in [0.1, 0.15) is 0 Å². The van der Waals surface area contributed by atoms with E-state index in [0.717, 1.165) is 10.5 Å². The van der Waals surface area contributed by atoms with Crippen LogP contribution in [0, 0.1) is 10.1 Å². The number of rotatable bonds is 7. The van der Waals surface area contributed by atoms with Gasteiger partial charge in [-0.3, -0.25) is 19.7 Å². The van der Waals surface area contributed by atoms with Crippen LogP contribution in [-0.2, 0) is 11.3 Å². The summed E-state index contributed by atoms with van der Waals surface area (Å²) in [4.78, 5) is 36.8. The van der Waals surface area contributed by atoms with E-state index in [1.807, 2.05) is 12.1 Å². The monoisotopic (exact) mass is 387 g/mol. The minimum Gasteiger partial charge on any atom is -0.355 e. The van der Waals surface area contributed by atoms with Crippen LogP contribution in [-0.4, -0.2) is 41.0 Å². The summed E-state index contributed by atoms with van der Waals surface area (Å²) in [6, 6.07) is 13.2. The molecule has 0 bridgehead atoms. The van der Waals surface area contributed by atoms with Gasteiger partial charge in [-0.15, -0.1) is 11.8 Å². The van der Waals surface area contributed by atoms with E-state index < -0.39 is 4.92 Å². The lowest BCUT2D eigenvalue weighted by Crippen LogP contribution is -2.32. The van der Waals surface area contributed by atoms with Gasteiger partial charge in [0, 0.05) is 43.2 Å². The third-order valence-electron chi connectivity index (χ3n) is 3.95. The number of nitrogens with zero attached hydrogens (tertiary/aromatic N) is 2. The molecule has 0 aliphatic heterocycles. The molecule has 2 rings (SSSR count). The molecule has 27 heavy (non-hydrogen) atoms. The Labute approximate surface area is 161 Å². The fourth-order valence-corrected chi connectivity index (χ4v) is 3.45. The summed E-state index contributed by atoms with van der Waals surface area (Å²) in [7, 11) is 3.30. The highest BCUT2D eigenvalue weighted by molar-refractivity contribution is 8.00. The molecule has 0 saturated carbocycles. The van der Waals surface area contributed by atoms with Crippen LogP contribution in [0.1, 0.15) is 22.8 Å². The highest BCUT2D eigenvalue weighted by atomic mass is 32.2. The Morgan fingerprint density at radius 1 is 1.15 bits per heavy atom. The summed E-state index contributed by atoms with van der Waals surface area (Å²) in [5.41, 5.74) is 1.51. The summed E-state index contributed by atoms with van der Waals surface area (Å²) in [5, 5.41) is 12.9. The zero-order chi connectivity index (χ0) is 20.0. The first-order valence-electron chi connectivity index (χ1n) is 8.29. The molecule has 0 saturated heterocycles. The molecule has 0 spiro atoms. The van der Waals surface area contributed by atoms with Gasteiger partial charge in [-0.2, -0.15) is 0 Å². The van der Waals surface area contributed by atoms with Crippen molar-refractivity contribution in [3.8, 4) is 0 Å². The average Bonchev–Trinajstić information content (AvgIpc) is 2.67. The molecule has 0 heterocycles. The van der Waals surface area contributed by atoms with Crippen molar-refractivity contribution in [1.82, 2.24) is 10.2 Å². The number of amides is 2. The Bertz CT molecular complexity index is 822. The fourth-order valence-electron chi connectivity index (χ4n) is 2.47. The number of nitro groups is 1. The molecule has 1 N–H and O–H groups in total. The van der Waals surface area contributed by atoms with Crippen molar-refractivity contribution in [1.29, 1.82) is 0 Å². The molecule has 0 aromatic heterocycles. The van der Waals surface area contributed by atoms with Crippen molar-refractivity contribution in [3.63, 3.8) is 0 Å². The smallest absolute Gasteiger partial charge is 0.269 e. The number of benzene rings is 2. The van der Waals surface area contributed by atoms with Gasteiger partial charge >= 0.3 is 0 Å². The lowest BCUT2D eigenvalue weighted by atomic mass is 10.1. The topological polar surface area (TPSA) is 92.6 Å². The number of carbonyl (C=O) groups excluding carboxylic acids is 2. The SMILES string of the molecule is CNC(=O)c1ccc(CN(C)C(=O)[C@@H](C)Sc2ccc([N+](=O)[O-])cc2)cc1. The number of nitrogens with one attached hydrogen (secondary N) is 1. The van der Waals surface area contributed by atoms with Gasteiger partial charge in [0.05, 0.1) is 10.2 Å². The largest absolute Gasteiger partial charge is 0.355 e. The van der Waals surface area contributed by atoms with Crippen LogP contribution in [0.15, 0.2) is 53.4 Å². The van der Waals surface area contributed by atoms with Gasteiger partial charge in [0.2, 0.25) is 5.91 Å². The summed E-state index contributed by atoms with van der Waals surface area (Å²) < 4.78 is 0. The van der Waals surface area contributed by atoms with Crippen molar-refractivity contribution in [2.24, 2.45) is 0 Å². The molecule has 0 unspecified atom stereocenters. The molecule has 8 heteroatoms. The van der Waals surface area contributed by atoms with E-state index in [9.17, 15) is 19.7 Å². The molecular weight excluding hydrogens is 366 g/mol. The third kappa shape index (κ3) is 5.55. The number of nitro benzene ring substituents is 1. The fraction of sp³-hybridized carbons (Fsp3) is 0.263. The Balaban J connectivity index is 1.95. The number of carbonyl (C=O) groups is 2. The van der Waals surface area contributed by atoms with Crippen LogP contribution in [0.4, 0.5) is 5.69 Å². The summed E-state index contributed by atoms with van der Waals surface area (Å²) in [6.07, 6.45) is 0. The van der Waals surface area contributed by atoms with Crippen LogP contribution < -0.4 is 5.32 Å². The first-order chi connectivity index (χ1) is 12.8. The predicted molar refractivity (Wildman–Crippen MR) is 105 cm³/mol. The van der Waals surface area contributed by atoms with Crippen LogP contribution >= 0.6 is 11.8 Å². The van der Waals surface area contributed by atoms with Gasteiger partial charge in [-0.1, -0.05) is 12.1 Å². The number of hydrogen-bond acceptors (Lipinski definition) is 5. The first kappa shape index (κ1) is 20.4. The minimum absolute atomic E-state index is 0.0237. The second kappa shape index (κ2) is 9.18. The number of non-ortho nitro benzene ring substituents is 1. The van der Waals surface area contributed by atoms with E-state index in [-0.39, 0.29) is 22.8 Å². The maximum Gasteiger partial charge on any atom is 0.269 e. The van der Waals surface area contributed by atoms with Gasteiger partial charge in [0.15, 0.2) is 0 Å². The third-order valence-corrected chi connectivity index (χ3v) is 5.05. The van der Waals surface area contributed by atoms with Gasteiger partial charge in [-0.05, 0) is 36.8 Å². The summed E-state index contributed by atoms with van der Waals surface area (Å²) >= 11 is 1.35. The first-order valence-corrected chi connectivity index (χ1v) is 9.17. The summed E-state index contributed by atoms with van der Waals surface area (Å²) in [5.74, 6) is -0.201. The van der Waals surface area contributed by atoms with Crippen molar-refractivity contribution < 1.29 is 14.5 Å². The molecule has 142 valence electrons. The number of thioether (sulfide) groups is 1. The Morgan fingerprint density at radius 3 is 2.26 bits per heavy atom. The van der Waals surface area contributed by atoms with Crippen LogP contribution in [0.3, 0.4) is 0 Å². The standard InChI is InChI=1S/C19H21N3O4S/c1-13(27-17-10-8-16(9-11-17)22(25)26)19(24)21(3)12-14-4-6-15(7-5-14)18(23)20-2/h4-11,13H,12H2,1-3H3,(H,20,23)/t13-/m1/s1. The molecular formula is C19H21N3O4S. The van der Waals surface area contributed by atoms with E-state index in [0.29, 0.717) is 12.1 Å². The Kier molecular flexibility index (Phi) is 6.95. The quantitative estimate of drug-likeness (QED) is 0.448. The van der Waals surface area contributed by atoms with Gasteiger partial charge in [0.25, 0.3) is 11.6 Å². The molecule has 2 aromatic rings. The predicted octanol–water partition coefficient (Wildman–Crippen LogP) is 3.09. The maximum absolute atomic E-state index is 12.6. The lowest BCUT2D eigenvalue weighted by Gasteiger charge is -2.21. The second-order valence-corrected chi connectivity index (χ2v) is 7.40. The molecule has 2 aromatic carbocycles. The molecule has 0 aliphatic rings. The van der Waals surface area contributed by atoms with Crippen LogP contribution in [0.25, 0.3) is 0 Å². The van der Waals surface area contributed by atoms with E-state index in [2.05, 4.69) is 5.32 Å². The van der Waals surface area contributed by atoms with Gasteiger partial charge in [-0.25, -0.2) is 0 Å². The van der Waals surface area contributed by atoms with E-state index in [1.165, 1.54) is 23.9 Å². The van der Waals surface area contributed by atoms with Crippen molar-refractivity contribution >= 4 is 29.3 Å². The van der Waals surface area contributed by atoms with E-state index in [4.69, 9.17) is 0 Å². The maximum atomic E-state index is 12.6. The molecule has 1 atom stereocenters. The highest BCUT2D eigenvalue weighted by Crippen LogP contribution is 2.26. The van der Waals surface area contributed by atoms with Crippen molar-refractivity contribution in [2.45, 2.75) is 23.6 Å². The Morgan fingerprint density at radius 2 is 1.74 bits per heavy atom. The van der Waals surface area contributed by atoms with Gasteiger partial charge < -0.3 is 10.2 Å². The van der Waals surface area contributed by atoms with E-state index in [1.54, 1.807) is 50.2 Å². The molecule has 7 nitrogen and oxygen atoms in total. The zero-order valence-electron chi connectivity index (χ0n) is 15.3. The van der Waals surface area contributed by atoms with Crippen LogP contribution in [0.5, 0.6) is 0 Å². The Hall–Kier alpha value is -2.87. The minimum atomic E-state index is -0.452. The number of hydrogen-bond donors (Lipinski definition) is 1. The van der Waals surface area contributed by atoms with Crippen molar-refractivity contribution in [3.05, 3.63) is 69.8 Å². The lowest BCUT2D eigenvalue weighted by molar-refractivity contribution is -0.384. The van der Waals surface area contributed by atoms with E-state index >= 15 is 0 Å². The zero-order valence-corrected chi connectivity index (χ0v) is 16.2. The molecule has 0 radical (unpaired) electrons. The summed E-state index contributed by atoms with van der Waals surface area (Å²) in [6.45, 7) is 2.23. The second-order valence-electron chi connectivity index (χ2n) is 5.98. The highest BCUT2D eigenvalue weighted by Gasteiger charge is 2.19. The van der Waals surface area contributed by atoms with Crippen molar-refractivity contribution in [2.75, 3.05) is 14.1 Å². The normalized spacial score (nSPS) is 11.5. The average molecular weight is 387 g/mol. The molecule has 0 aliphatic carbocycles. The van der Waals surface area contributed by atoms with Crippen LogP contribution in [0.2, 0.25) is 0 Å².